The van der Waals surface area contributed by atoms with Gasteiger partial charge in [0.25, 0.3) is 5.91 Å². The molecule has 2 aliphatic heterocycles. The van der Waals surface area contributed by atoms with E-state index in [1.807, 2.05) is 59.5 Å². The van der Waals surface area contributed by atoms with E-state index in [1.54, 1.807) is 12.0 Å². The van der Waals surface area contributed by atoms with Gasteiger partial charge in [-0.3, -0.25) is 14.5 Å². The largest absolute Gasteiger partial charge is 0.495 e. The molecule has 0 radical (unpaired) electrons. The Labute approximate surface area is 151 Å². The third kappa shape index (κ3) is 2.73. The quantitative estimate of drug-likeness (QED) is 0.793. The van der Waals surface area contributed by atoms with Crippen molar-refractivity contribution < 1.29 is 14.3 Å². The van der Waals surface area contributed by atoms with Crippen LogP contribution in [0, 0.1) is 5.92 Å². The van der Waals surface area contributed by atoms with Crippen molar-refractivity contribution in [2.45, 2.75) is 6.42 Å². The highest BCUT2D eigenvalue weighted by Gasteiger charge is 2.43. The fourth-order valence-electron chi connectivity index (χ4n) is 3.45. The number of guanidine groups is 1. The molecule has 0 spiro atoms. The van der Waals surface area contributed by atoms with Crippen molar-refractivity contribution in [3.05, 3.63) is 60.2 Å². The van der Waals surface area contributed by atoms with Crippen molar-refractivity contribution in [1.29, 1.82) is 0 Å². The van der Waals surface area contributed by atoms with E-state index in [0.29, 0.717) is 31.2 Å². The third-order valence-corrected chi connectivity index (χ3v) is 4.76. The first kappa shape index (κ1) is 16.3. The van der Waals surface area contributed by atoms with Gasteiger partial charge in [-0.15, -0.1) is 0 Å². The highest BCUT2D eigenvalue weighted by molar-refractivity contribution is 6.20. The number of benzene rings is 2. The number of anilines is 1. The zero-order valence-electron chi connectivity index (χ0n) is 14.5. The van der Waals surface area contributed by atoms with Crippen molar-refractivity contribution in [1.82, 2.24) is 4.90 Å². The number of hydrogen-bond acceptors (Lipinski definition) is 4. The van der Waals surface area contributed by atoms with Crippen LogP contribution in [0.5, 0.6) is 5.75 Å². The Bertz CT molecular complexity index is 879. The van der Waals surface area contributed by atoms with Crippen molar-refractivity contribution in [2.24, 2.45) is 10.9 Å². The lowest BCUT2D eigenvalue weighted by molar-refractivity contribution is -0.138. The zero-order chi connectivity index (χ0) is 18.1. The molecule has 0 N–H and O–H groups in total. The number of hydrogen-bond donors (Lipinski definition) is 0. The molecule has 4 rings (SSSR count). The number of carbonyl (C=O) groups is 2. The Balaban J connectivity index is 1.64. The van der Waals surface area contributed by atoms with Crippen LogP contribution in [-0.4, -0.2) is 42.9 Å². The van der Waals surface area contributed by atoms with Gasteiger partial charge >= 0.3 is 0 Å². The van der Waals surface area contributed by atoms with E-state index in [4.69, 9.17) is 4.74 Å². The van der Waals surface area contributed by atoms with Crippen LogP contribution in [0.1, 0.15) is 5.56 Å². The molecule has 26 heavy (non-hydrogen) atoms. The molecule has 1 atom stereocenters. The Kier molecular flexibility index (Phi) is 4.16. The average molecular weight is 349 g/mol. The molecule has 0 aliphatic carbocycles. The van der Waals surface area contributed by atoms with Gasteiger partial charge in [-0.25, -0.2) is 0 Å². The molecule has 2 aromatic rings. The standard InChI is InChI=1S/C20H19N3O3/c1-26-17-10-6-5-9-16(17)22-11-12-23-19(25)15(18(24)21-20(22)23)13-14-7-3-2-4-8-14/h2-10,15H,11-13H2,1H3. The smallest absolute Gasteiger partial charge is 0.261 e. The fourth-order valence-corrected chi connectivity index (χ4v) is 3.45. The molecule has 132 valence electrons. The van der Waals surface area contributed by atoms with Gasteiger partial charge in [-0.05, 0) is 24.1 Å². The van der Waals surface area contributed by atoms with Gasteiger partial charge in [-0.2, -0.15) is 4.99 Å². The van der Waals surface area contributed by atoms with Crippen molar-refractivity contribution in [3.63, 3.8) is 0 Å². The van der Waals surface area contributed by atoms with Crippen LogP contribution in [-0.2, 0) is 16.0 Å². The van der Waals surface area contributed by atoms with Gasteiger partial charge in [0.1, 0.15) is 11.7 Å². The number of para-hydroxylation sites is 2. The lowest BCUT2D eigenvalue weighted by Gasteiger charge is -2.29. The number of rotatable bonds is 4. The zero-order valence-corrected chi connectivity index (χ0v) is 14.5. The van der Waals surface area contributed by atoms with Crippen LogP contribution >= 0.6 is 0 Å². The van der Waals surface area contributed by atoms with E-state index in [0.717, 1.165) is 11.3 Å². The number of fused-ring (bicyclic) bond motifs is 1. The van der Waals surface area contributed by atoms with Crippen LogP contribution in [0.3, 0.4) is 0 Å². The van der Waals surface area contributed by atoms with Crippen LogP contribution < -0.4 is 9.64 Å². The molecule has 2 aliphatic rings. The summed E-state index contributed by atoms with van der Waals surface area (Å²) < 4.78 is 5.41. The molecule has 1 saturated heterocycles. The normalized spacial score (nSPS) is 19.4. The van der Waals surface area contributed by atoms with Crippen molar-refractivity contribution in [2.75, 3.05) is 25.1 Å². The number of nitrogens with zero attached hydrogens (tertiary/aromatic N) is 3. The van der Waals surface area contributed by atoms with Crippen LogP contribution in [0.15, 0.2) is 59.6 Å². The van der Waals surface area contributed by atoms with Gasteiger partial charge in [0.05, 0.1) is 12.8 Å². The van der Waals surface area contributed by atoms with Crippen LogP contribution in [0.2, 0.25) is 0 Å². The van der Waals surface area contributed by atoms with Crippen LogP contribution in [0.4, 0.5) is 5.69 Å². The summed E-state index contributed by atoms with van der Waals surface area (Å²) >= 11 is 0. The van der Waals surface area contributed by atoms with E-state index in [1.165, 1.54) is 0 Å². The summed E-state index contributed by atoms with van der Waals surface area (Å²) in [6.07, 6.45) is 0.375. The number of carbonyl (C=O) groups excluding carboxylic acids is 2. The molecule has 2 heterocycles. The summed E-state index contributed by atoms with van der Waals surface area (Å²) in [7, 11) is 1.60. The SMILES string of the molecule is COc1ccccc1N1CCN2C(=O)C(Cc3ccccc3)C(=O)N=C21. The number of methoxy groups -OCH3 is 1. The molecule has 6 heteroatoms. The van der Waals surface area contributed by atoms with Gasteiger partial charge in [0.15, 0.2) is 0 Å². The minimum Gasteiger partial charge on any atom is -0.495 e. The summed E-state index contributed by atoms with van der Waals surface area (Å²) in [5.41, 5.74) is 1.76. The first-order chi connectivity index (χ1) is 12.7. The minimum atomic E-state index is -0.751. The molecular weight excluding hydrogens is 330 g/mol. The Hall–Kier alpha value is -3.15. The average Bonchev–Trinajstić information content (AvgIpc) is 3.09. The van der Waals surface area contributed by atoms with E-state index in [9.17, 15) is 9.59 Å². The van der Waals surface area contributed by atoms with Crippen molar-refractivity contribution >= 4 is 23.5 Å². The predicted octanol–water partition coefficient (Wildman–Crippen LogP) is 2.10. The number of amides is 2. The highest BCUT2D eigenvalue weighted by atomic mass is 16.5. The fraction of sp³-hybridized carbons (Fsp3) is 0.250. The second-order valence-electron chi connectivity index (χ2n) is 6.31. The molecule has 1 fully saturated rings. The summed E-state index contributed by atoms with van der Waals surface area (Å²) in [4.78, 5) is 33.2. The molecule has 2 amide bonds. The van der Waals surface area contributed by atoms with Gasteiger partial charge in [0.2, 0.25) is 11.9 Å². The van der Waals surface area contributed by atoms with E-state index < -0.39 is 5.92 Å². The Morgan fingerprint density at radius 3 is 2.46 bits per heavy atom. The molecule has 0 saturated carbocycles. The van der Waals surface area contributed by atoms with E-state index >= 15 is 0 Å². The molecule has 1 unspecified atom stereocenters. The van der Waals surface area contributed by atoms with Crippen molar-refractivity contribution in [3.8, 4) is 5.75 Å². The summed E-state index contributed by atoms with van der Waals surface area (Å²) in [5, 5.41) is 0. The molecule has 2 aromatic carbocycles. The second kappa shape index (κ2) is 6.63. The summed E-state index contributed by atoms with van der Waals surface area (Å²) in [6.45, 7) is 1.09. The van der Waals surface area contributed by atoms with Gasteiger partial charge in [0, 0.05) is 13.1 Å². The van der Waals surface area contributed by atoms with Gasteiger partial charge in [-0.1, -0.05) is 42.5 Å². The van der Waals surface area contributed by atoms with Crippen LogP contribution in [0.25, 0.3) is 0 Å². The third-order valence-electron chi connectivity index (χ3n) is 4.76. The Morgan fingerprint density at radius 2 is 1.69 bits per heavy atom. The van der Waals surface area contributed by atoms with Gasteiger partial charge < -0.3 is 9.64 Å². The summed E-state index contributed by atoms with van der Waals surface area (Å²) in [5.74, 6) is -0.232. The number of aliphatic imine (C=N–C) groups is 1. The topological polar surface area (TPSA) is 62.2 Å². The minimum absolute atomic E-state index is 0.179. The molecule has 0 aromatic heterocycles. The maximum absolute atomic E-state index is 12.9. The molecule has 6 nitrogen and oxygen atoms in total. The lowest BCUT2D eigenvalue weighted by Crippen LogP contribution is -2.48. The Morgan fingerprint density at radius 1 is 1.00 bits per heavy atom. The first-order valence-electron chi connectivity index (χ1n) is 8.57. The summed E-state index contributed by atoms with van der Waals surface area (Å²) in [6, 6.07) is 17.1. The maximum Gasteiger partial charge on any atom is 0.261 e. The lowest BCUT2D eigenvalue weighted by atomic mass is 9.96. The monoisotopic (exact) mass is 349 g/mol. The predicted molar refractivity (Wildman–Crippen MR) is 98.1 cm³/mol. The van der Waals surface area contributed by atoms with E-state index in [2.05, 4.69) is 4.99 Å². The number of ether oxygens (including phenoxy) is 1. The molecular formula is C20H19N3O3. The first-order valence-corrected chi connectivity index (χ1v) is 8.57. The second-order valence-corrected chi connectivity index (χ2v) is 6.31. The highest BCUT2D eigenvalue weighted by Crippen LogP contribution is 2.32. The molecule has 0 bridgehead atoms. The maximum atomic E-state index is 12.9. The van der Waals surface area contributed by atoms with E-state index in [-0.39, 0.29) is 11.8 Å².